The molecule has 0 amide bonds. The molecule has 1 aliphatic heterocycles. The number of carbonyl (C=O) groups excluding carboxylic acids is 1. The van der Waals surface area contributed by atoms with Crippen LogP contribution in [0.25, 0.3) is 0 Å². The normalized spacial score (nSPS) is 18.0. The number of hydrogen-bond acceptors (Lipinski definition) is 4. The number of hydrogen-bond donors (Lipinski definition) is 1. The summed E-state index contributed by atoms with van der Waals surface area (Å²) in [5, 5.41) is 12.4. The minimum atomic E-state index is -0.761. The van der Waals surface area contributed by atoms with Crippen molar-refractivity contribution in [2.45, 2.75) is 77.2 Å². The summed E-state index contributed by atoms with van der Waals surface area (Å²) in [6.45, 7) is 2.16. The van der Waals surface area contributed by atoms with Gasteiger partial charge in [-0.15, -0.1) is 0 Å². The van der Waals surface area contributed by atoms with E-state index >= 15 is 0 Å². The number of carboxylic acid groups (broad SMARTS) is 1. The summed E-state index contributed by atoms with van der Waals surface area (Å²) in [4.78, 5) is 27.8. The first-order chi connectivity index (χ1) is 12.1. The number of unbranched alkanes of at least 4 members (excludes halogenated alkanes) is 4. The van der Waals surface area contributed by atoms with Crippen LogP contribution in [0.3, 0.4) is 0 Å². The Morgan fingerprint density at radius 1 is 1.24 bits per heavy atom. The van der Waals surface area contributed by atoms with Crippen molar-refractivity contribution in [3.8, 4) is 0 Å². The number of rotatable bonds is 14. The lowest BCUT2D eigenvalue weighted by atomic mass is 9.95. The van der Waals surface area contributed by atoms with Crippen LogP contribution in [0.2, 0.25) is 0 Å². The second-order valence-electron chi connectivity index (χ2n) is 6.46. The molecule has 0 aromatic rings. The molecule has 5 heteroatoms. The van der Waals surface area contributed by atoms with E-state index in [1.807, 2.05) is 18.2 Å². The monoisotopic (exact) mass is 349 g/mol. The Morgan fingerprint density at radius 2 is 2.08 bits per heavy atom. The molecular weight excluding hydrogens is 318 g/mol. The number of ketones is 1. The first kappa shape index (κ1) is 21.1. The Bertz CT molecular complexity index is 474. The van der Waals surface area contributed by atoms with Crippen molar-refractivity contribution in [2.24, 2.45) is 11.1 Å². The topological polar surface area (TPSA) is 76.0 Å². The van der Waals surface area contributed by atoms with Crippen molar-refractivity contribution < 1.29 is 19.5 Å². The largest absolute Gasteiger partial charge is 0.481 e. The van der Waals surface area contributed by atoms with Crippen LogP contribution < -0.4 is 0 Å². The van der Waals surface area contributed by atoms with Crippen molar-refractivity contribution in [1.29, 1.82) is 0 Å². The second kappa shape index (κ2) is 13.4. The molecule has 1 rings (SSSR count). The van der Waals surface area contributed by atoms with E-state index in [1.165, 1.54) is 12.8 Å². The Balaban J connectivity index is 2.39. The van der Waals surface area contributed by atoms with Crippen LogP contribution in [0.4, 0.5) is 0 Å². The number of aliphatic carboxylic acids is 1. The summed E-state index contributed by atoms with van der Waals surface area (Å²) >= 11 is 0. The molecule has 0 bridgehead atoms. The molecule has 0 aliphatic carbocycles. The maximum atomic E-state index is 12.0. The van der Waals surface area contributed by atoms with Gasteiger partial charge in [0.05, 0.1) is 0 Å². The Kier molecular flexibility index (Phi) is 11.3. The smallest absolute Gasteiger partial charge is 0.303 e. The van der Waals surface area contributed by atoms with Gasteiger partial charge in [0.1, 0.15) is 6.10 Å². The number of oxime groups is 1. The van der Waals surface area contributed by atoms with Gasteiger partial charge in [-0.2, -0.15) is 0 Å². The fourth-order valence-corrected chi connectivity index (χ4v) is 2.70. The molecule has 5 nitrogen and oxygen atoms in total. The maximum Gasteiger partial charge on any atom is 0.303 e. The van der Waals surface area contributed by atoms with Crippen LogP contribution in [0.1, 0.15) is 71.1 Å². The summed E-state index contributed by atoms with van der Waals surface area (Å²) in [7, 11) is 0. The molecule has 25 heavy (non-hydrogen) atoms. The van der Waals surface area contributed by atoms with E-state index in [4.69, 9.17) is 9.94 Å². The van der Waals surface area contributed by atoms with Crippen LogP contribution in [0, 0.1) is 5.92 Å². The first-order valence-electron chi connectivity index (χ1n) is 9.39. The van der Waals surface area contributed by atoms with Crippen molar-refractivity contribution in [1.82, 2.24) is 0 Å². The third kappa shape index (κ3) is 10.5. The quantitative estimate of drug-likeness (QED) is 0.281. The van der Waals surface area contributed by atoms with Gasteiger partial charge in [-0.3, -0.25) is 9.59 Å². The summed E-state index contributed by atoms with van der Waals surface area (Å²) in [5.74, 6) is -0.480. The van der Waals surface area contributed by atoms with Gasteiger partial charge >= 0.3 is 5.97 Å². The average Bonchev–Trinajstić information content (AvgIpc) is 3.11. The molecule has 1 N–H and O–H groups in total. The molecule has 0 saturated carbocycles. The molecule has 0 aromatic heterocycles. The van der Waals surface area contributed by atoms with Gasteiger partial charge in [-0.25, -0.2) is 0 Å². The predicted octanol–water partition coefficient (Wildman–Crippen LogP) is 4.67. The van der Waals surface area contributed by atoms with Crippen LogP contribution in [0.15, 0.2) is 29.5 Å². The van der Waals surface area contributed by atoms with E-state index < -0.39 is 5.97 Å². The standard InChI is InChI=1S/C20H31NO4/c1-2-3-4-8-11-18(22)14-13-17(19-15-16-21-25-19)10-7-5-6-9-12-20(23)24/h5,7,13-14,16-17,19H,2-4,6,8-12,15H2,1H3,(H,23,24)/b7-5-,14-13-. The predicted molar refractivity (Wildman–Crippen MR) is 99.6 cm³/mol. The zero-order chi connectivity index (χ0) is 18.3. The molecule has 0 spiro atoms. The highest BCUT2D eigenvalue weighted by Gasteiger charge is 2.22. The lowest BCUT2D eigenvalue weighted by Crippen LogP contribution is -2.17. The molecular formula is C20H31NO4. The van der Waals surface area contributed by atoms with Gasteiger partial charge in [0, 0.05) is 31.4 Å². The second-order valence-corrected chi connectivity index (χ2v) is 6.46. The molecule has 0 aromatic carbocycles. The van der Waals surface area contributed by atoms with Crippen molar-refractivity contribution in [3.05, 3.63) is 24.3 Å². The molecule has 140 valence electrons. The number of allylic oxidation sites excluding steroid dienone is 3. The molecule has 1 heterocycles. The lowest BCUT2D eigenvalue weighted by Gasteiger charge is -2.16. The summed E-state index contributed by atoms with van der Waals surface area (Å²) in [5.41, 5.74) is 0. The van der Waals surface area contributed by atoms with E-state index in [9.17, 15) is 9.59 Å². The minimum absolute atomic E-state index is 0.0205. The zero-order valence-electron chi connectivity index (χ0n) is 15.2. The first-order valence-corrected chi connectivity index (χ1v) is 9.39. The Morgan fingerprint density at radius 3 is 2.76 bits per heavy atom. The van der Waals surface area contributed by atoms with Gasteiger partial charge in [-0.05, 0) is 31.8 Å². The van der Waals surface area contributed by atoms with Gasteiger partial charge < -0.3 is 9.94 Å². The fourth-order valence-electron chi connectivity index (χ4n) is 2.70. The van der Waals surface area contributed by atoms with Crippen LogP contribution >= 0.6 is 0 Å². The van der Waals surface area contributed by atoms with Crippen molar-refractivity contribution in [3.63, 3.8) is 0 Å². The molecule has 0 saturated heterocycles. The number of carboxylic acids is 1. The fraction of sp³-hybridized carbons (Fsp3) is 0.650. The number of carbonyl (C=O) groups is 2. The third-order valence-corrected chi connectivity index (χ3v) is 4.23. The average molecular weight is 349 g/mol. The molecule has 1 aliphatic rings. The SMILES string of the molecule is CCCCCCC(=O)/C=C\C(C/C=C\CCCC(=O)O)C1CC=NO1. The highest BCUT2D eigenvalue weighted by atomic mass is 16.6. The molecule has 2 unspecified atom stereocenters. The maximum absolute atomic E-state index is 12.0. The van der Waals surface area contributed by atoms with Gasteiger partial charge in [-0.1, -0.05) is 49.6 Å². The van der Waals surface area contributed by atoms with Crippen molar-refractivity contribution in [2.75, 3.05) is 0 Å². The van der Waals surface area contributed by atoms with Gasteiger partial charge in [0.15, 0.2) is 5.78 Å². The third-order valence-electron chi connectivity index (χ3n) is 4.23. The Hall–Kier alpha value is -1.91. The molecule has 0 radical (unpaired) electrons. The van der Waals surface area contributed by atoms with E-state index in [-0.39, 0.29) is 24.2 Å². The molecule has 0 fully saturated rings. The van der Waals surface area contributed by atoms with E-state index in [2.05, 4.69) is 12.1 Å². The van der Waals surface area contributed by atoms with Crippen molar-refractivity contribution >= 4 is 18.0 Å². The van der Waals surface area contributed by atoms with E-state index in [1.54, 1.807) is 12.3 Å². The number of nitrogens with zero attached hydrogens (tertiary/aromatic N) is 1. The summed E-state index contributed by atoms with van der Waals surface area (Å²) < 4.78 is 0. The lowest BCUT2D eigenvalue weighted by molar-refractivity contribution is -0.137. The molecule has 2 atom stereocenters. The van der Waals surface area contributed by atoms with Gasteiger partial charge in [0.2, 0.25) is 0 Å². The highest BCUT2D eigenvalue weighted by Crippen LogP contribution is 2.21. The summed E-state index contributed by atoms with van der Waals surface area (Å²) in [6.07, 6.45) is 17.6. The zero-order valence-corrected chi connectivity index (χ0v) is 15.2. The Labute approximate surface area is 150 Å². The van der Waals surface area contributed by atoms with Gasteiger partial charge in [0.25, 0.3) is 0 Å². The van der Waals surface area contributed by atoms with Crippen LogP contribution in [-0.2, 0) is 14.4 Å². The minimum Gasteiger partial charge on any atom is -0.481 e. The highest BCUT2D eigenvalue weighted by molar-refractivity contribution is 5.89. The summed E-state index contributed by atoms with van der Waals surface area (Å²) in [6, 6.07) is 0. The van der Waals surface area contributed by atoms with E-state index in [0.717, 1.165) is 32.1 Å². The van der Waals surface area contributed by atoms with E-state index in [0.29, 0.717) is 12.8 Å². The van der Waals surface area contributed by atoms with Crippen LogP contribution in [0.5, 0.6) is 0 Å². The van der Waals surface area contributed by atoms with Crippen LogP contribution in [-0.4, -0.2) is 29.2 Å².